The summed E-state index contributed by atoms with van der Waals surface area (Å²) in [5, 5.41) is 2.56. The summed E-state index contributed by atoms with van der Waals surface area (Å²) in [5.41, 5.74) is -0.477. The van der Waals surface area contributed by atoms with Gasteiger partial charge in [-0.05, 0) is 20.8 Å². The van der Waals surface area contributed by atoms with Crippen molar-refractivity contribution in [3.8, 4) is 0 Å². The van der Waals surface area contributed by atoms with Gasteiger partial charge >= 0.3 is 6.09 Å². The van der Waals surface area contributed by atoms with E-state index >= 15 is 0 Å². The second kappa shape index (κ2) is 4.08. The van der Waals surface area contributed by atoms with Crippen molar-refractivity contribution in [1.29, 1.82) is 0 Å². The zero-order valence-corrected chi connectivity index (χ0v) is 9.66. The average Bonchev–Trinajstić information content (AvgIpc) is 1.97. The summed E-state index contributed by atoms with van der Waals surface area (Å²) in [5.74, 6) is -0.0997. The molecule has 5 nitrogen and oxygen atoms in total. The van der Waals surface area contributed by atoms with Crippen molar-refractivity contribution in [3.05, 3.63) is 0 Å². The predicted molar refractivity (Wildman–Crippen MR) is 55.4 cm³/mol. The Labute approximate surface area is 89.8 Å². The van der Waals surface area contributed by atoms with E-state index in [1.165, 1.54) is 4.90 Å². The van der Waals surface area contributed by atoms with Crippen molar-refractivity contribution in [2.75, 3.05) is 20.1 Å². The van der Waals surface area contributed by atoms with E-state index < -0.39 is 5.60 Å². The lowest BCUT2D eigenvalue weighted by atomic mass is 10.0. The van der Waals surface area contributed by atoms with Gasteiger partial charge in [-0.15, -0.1) is 0 Å². The highest BCUT2D eigenvalue weighted by Gasteiger charge is 2.37. The van der Waals surface area contributed by atoms with Gasteiger partial charge in [0.05, 0.1) is 5.92 Å². The van der Waals surface area contributed by atoms with Crippen molar-refractivity contribution in [3.63, 3.8) is 0 Å². The van der Waals surface area contributed by atoms with Crippen LogP contribution in [0.3, 0.4) is 0 Å². The Kier molecular flexibility index (Phi) is 3.21. The molecule has 15 heavy (non-hydrogen) atoms. The minimum atomic E-state index is -0.477. The molecular formula is C10H18N2O3. The Morgan fingerprint density at radius 1 is 1.33 bits per heavy atom. The van der Waals surface area contributed by atoms with E-state index in [4.69, 9.17) is 4.74 Å². The molecule has 1 N–H and O–H groups in total. The first-order valence-corrected chi connectivity index (χ1v) is 5.03. The Balaban J connectivity index is 2.33. The van der Waals surface area contributed by atoms with Gasteiger partial charge in [0.25, 0.3) is 0 Å². The lowest BCUT2D eigenvalue weighted by molar-refractivity contribution is -0.129. The molecule has 0 bridgehead atoms. The molecular weight excluding hydrogens is 196 g/mol. The quantitative estimate of drug-likeness (QED) is 0.695. The van der Waals surface area contributed by atoms with E-state index in [1.54, 1.807) is 7.05 Å². The van der Waals surface area contributed by atoms with Gasteiger partial charge in [0, 0.05) is 20.1 Å². The molecule has 1 saturated heterocycles. The fraction of sp³-hybridized carbons (Fsp3) is 0.800. The molecule has 0 aliphatic carbocycles. The van der Waals surface area contributed by atoms with Gasteiger partial charge in [0.2, 0.25) is 5.91 Å². The maximum Gasteiger partial charge on any atom is 0.410 e. The molecule has 1 heterocycles. The second-order valence-electron chi connectivity index (χ2n) is 4.70. The van der Waals surface area contributed by atoms with Crippen LogP contribution in [0.1, 0.15) is 20.8 Å². The van der Waals surface area contributed by atoms with Gasteiger partial charge in [-0.1, -0.05) is 0 Å². The summed E-state index contributed by atoms with van der Waals surface area (Å²) in [7, 11) is 1.60. The number of carbonyl (C=O) groups is 2. The highest BCUT2D eigenvalue weighted by atomic mass is 16.6. The van der Waals surface area contributed by atoms with E-state index in [2.05, 4.69) is 5.32 Å². The van der Waals surface area contributed by atoms with Gasteiger partial charge in [0.1, 0.15) is 5.60 Å². The predicted octanol–water partition coefficient (Wildman–Crippen LogP) is 0.599. The standard InChI is InChI=1S/C10H18N2O3/c1-10(2,3)15-9(14)12-5-7(6-12)8(13)11-4/h7H,5-6H2,1-4H3,(H,11,13). The summed E-state index contributed by atoms with van der Waals surface area (Å²) < 4.78 is 5.16. The van der Waals surface area contributed by atoms with Crippen molar-refractivity contribution in [2.24, 2.45) is 5.92 Å². The fourth-order valence-corrected chi connectivity index (χ4v) is 1.32. The monoisotopic (exact) mass is 214 g/mol. The Morgan fingerprint density at radius 3 is 2.27 bits per heavy atom. The molecule has 1 aliphatic rings. The summed E-state index contributed by atoms with van der Waals surface area (Å²) in [6.07, 6.45) is -0.345. The molecule has 0 atom stereocenters. The Bertz CT molecular complexity index is 264. The molecule has 1 aliphatic heterocycles. The molecule has 0 spiro atoms. The molecule has 0 aromatic rings. The van der Waals surface area contributed by atoms with Crippen LogP contribution in [0.4, 0.5) is 4.79 Å². The van der Waals surface area contributed by atoms with Crippen molar-refractivity contribution in [2.45, 2.75) is 26.4 Å². The first kappa shape index (κ1) is 11.8. The van der Waals surface area contributed by atoms with Gasteiger partial charge in [-0.25, -0.2) is 4.79 Å². The third kappa shape index (κ3) is 3.11. The lowest BCUT2D eigenvalue weighted by Gasteiger charge is -2.38. The second-order valence-corrected chi connectivity index (χ2v) is 4.70. The van der Waals surface area contributed by atoms with E-state index in [-0.39, 0.29) is 17.9 Å². The van der Waals surface area contributed by atoms with E-state index in [9.17, 15) is 9.59 Å². The van der Waals surface area contributed by atoms with Gasteiger partial charge in [0.15, 0.2) is 0 Å². The summed E-state index contributed by atoms with van der Waals surface area (Å²) in [6.45, 7) is 6.37. The van der Waals surface area contributed by atoms with Crippen LogP contribution in [-0.2, 0) is 9.53 Å². The number of carbonyl (C=O) groups excluding carboxylic acids is 2. The minimum Gasteiger partial charge on any atom is -0.444 e. The molecule has 1 fully saturated rings. The van der Waals surface area contributed by atoms with Crippen LogP contribution in [-0.4, -0.2) is 42.6 Å². The maximum atomic E-state index is 11.5. The number of hydrogen-bond donors (Lipinski definition) is 1. The normalized spacial score (nSPS) is 16.9. The highest BCUT2D eigenvalue weighted by molar-refractivity contribution is 5.82. The first-order chi connectivity index (χ1) is 6.83. The smallest absolute Gasteiger partial charge is 0.410 e. The van der Waals surface area contributed by atoms with E-state index in [0.29, 0.717) is 13.1 Å². The summed E-state index contributed by atoms with van der Waals surface area (Å²) >= 11 is 0. The Morgan fingerprint density at radius 2 is 1.87 bits per heavy atom. The molecule has 86 valence electrons. The molecule has 5 heteroatoms. The van der Waals surface area contributed by atoms with Crippen LogP contribution in [0.5, 0.6) is 0 Å². The molecule has 0 unspecified atom stereocenters. The molecule has 2 amide bonds. The Hall–Kier alpha value is -1.26. The van der Waals surface area contributed by atoms with Crippen LogP contribution in [0.25, 0.3) is 0 Å². The molecule has 0 aromatic carbocycles. The summed E-state index contributed by atoms with van der Waals surface area (Å²) in [6, 6.07) is 0. The zero-order valence-electron chi connectivity index (χ0n) is 9.66. The number of amides is 2. The number of rotatable bonds is 1. The van der Waals surface area contributed by atoms with E-state index in [0.717, 1.165) is 0 Å². The molecule has 0 radical (unpaired) electrons. The zero-order chi connectivity index (χ0) is 11.6. The van der Waals surface area contributed by atoms with Crippen LogP contribution in [0.15, 0.2) is 0 Å². The van der Waals surface area contributed by atoms with Crippen LogP contribution in [0, 0.1) is 5.92 Å². The molecule has 0 saturated carbocycles. The SMILES string of the molecule is CNC(=O)C1CN(C(=O)OC(C)(C)C)C1. The minimum absolute atomic E-state index is 0.0187. The van der Waals surface area contributed by atoms with Crippen LogP contribution in [0.2, 0.25) is 0 Å². The van der Waals surface area contributed by atoms with Crippen molar-refractivity contribution >= 4 is 12.0 Å². The topological polar surface area (TPSA) is 58.6 Å². The number of likely N-dealkylation sites (tertiary alicyclic amines) is 1. The third-order valence-corrected chi connectivity index (χ3v) is 2.15. The van der Waals surface area contributed by atoms with Crippen LogP contribution >= 0.6 is 0 Å². The number of ether oxygens (including phenoxy) is 1. The summed E-state index contributed by atoms with van der Waals surface area (Å²) in [4.78, 5) is 24.2. The van der Waals surface area contributed by atoms with Crippen molar-refractivity contribution in [1.82, 2.24) is 10.2 Å². The van der Waals surface area contributed by atoms with Gasteiger partial charge in [-0.3, -0.25) is 4.79 Å². The molecule has 0 aromatic heterocycles. The number of hydrogen-bond acceptors (Lipinski definition) is 3. The largest absolute Gasteiger partial charge is 0.444 e. The van der Waals surface area contributed by atoms with Crippen LogP contribution < -0.4 is 5.32 Å². The lowest BCUT2D eigenvalue weighted by Crippen LogP contribution is -2.56. The molecule has 1 rings (SSSR count). The van der Waals surface area contributed by atoms with Gasteiger partial charge < -0.3 is 15.0 Å². The first-order valence-electron chi connectivity index (χ1n) is 5.03. The highest BCUT2D eigenvalue weighted by Crippen LogP contribution is 2.19. The number of nitrogens with zero attached hydrogens (tertiary/aromatic N) is 1. The average molecular weight is 214 g/mol. The van der Waals surface area contributed by atoms with Crippen molar-refractivity contribution < 1.29 is 14.3 Å². The third-order valence-electron chi connectivity index (χ3n) is 2.15. The van der Waals surface area contributed by atoms with Gasteiger partial charge in [-0.2, -0.15) is 0 Å². The van der Waals surface area contributed by atoms with E-state index in [1.807, 2.05) is 20.8 Å². The fourth-order valence-electron chi connectivity index (χ4n) is 1.32. The maximum absolute atomic E-state index is 11.5. The number of nitrogens with one attached hydrogen (secondary N) is 1.